The first-order valence-electron chi connectivity index (χ1n) is 9.18. The molecule has 0 aliphatic carbocycles. The summed E-state index contributed by atoms with van der Waals surface area (Å²) in [5.74, 6) is 2.62. The topological polar surface area (TPSA) is 97.4 Å². The van der Waals surface area contributed by atoms with Crippen molar-refractivity contribution in [2.24, 2.45) is 0 Å². The zero-order valence-corrected chi connectivity index (χ0v) is 16.2. The Hall–Kier alpha value is -3.81. The summed E-state index contributed by atoms with van der Waals surface area (Å²) < 4.78 is 10.8. The van der Waals surface area contributed by atoms with E-state index in [9.17, 15) is 4.79 Å². The van der Waals surface area contributed by atoms with Gasteiger partial charge in [-0.2, -0.15) is 4.98 Å². The van der Waals surface area contributed by atoms with Crippen molar-refractivity contribution in [2.75, 3.05) is 22.7 Å². The summed E-state index contributed by atoms with van der Waals surface area (Å²) in [6, 6.07) is 15.1. The van der Waals surface area contributed by atoms with E-state index in [0.29, 0.717) is 18.3 Å². The number of carbonyl (C=O) groups excluding carboxylic acids is 1. The smallest absolute Gasteiger partial charge is 0.231 e. The Morgan fingerprint density at radius 2 is 1.76 bits per heavy atom. The van der Waals surface area contributed by atoms with Crippen LogP contribution in [0.15, 0.2) is 48.5 Å². The van der Waals surface area contributed by atoms with Crippen LogP contribution < -0.4 is 25.4 Å². The molecule has 0 unspecified atom stereocenters. The fraction of sp³-hybridized carbons (Fsp3) is 0.190. The number of benzene rings is 2. The molecule has 4 rings (SSSR count). The van der Waals surface area contributed by atoms with Crippen molar-refractivity contribution in [1.82, 2.24) is 9.97 Å². The number of nitrogens with one attached hydrogen (secondary N) is 3. The Bertz CT molecular complexity index is 1040. The van der Waals surface area contributed by atoms with Crippen molar-refractivity contribution in [3.05, 3.63) is 59.8 Å². The van der Waals surface area contributed by atoms with Crippen LogP contribution >= 0.6 is 0 Å². The third-order valence-electron chi connectivity index (χ3n) is 4.23. The van der Waals surface area contributed by atoms with Crippen molar-refractivity contribution in [2.45, 2.75) is 20.4 Å². The SMILES string of the molecule is CC(=O)Nc1ccc(Nc2nc(C)cc(NCc3ccc4c(c3)OCO4)n2)cc1. The Balaban J connectivity index is 1.42. The summed E-state index contributed by atoms with van der Waals surface area (Å²) in [5, 5.41) is 9.24. The lowest BCUT2D eigenvalue weighted by Crippen LogP contribution is -2.06. The molecule has 1 amide bonds. The van der Waals surface area contributed by atoms with E-state index in [1.54, 1.807) is 0 Å². The fourth-order valence-electron chi connectivity index (χ4n) is 2.93. The van der Waals surface area contributed by atoms with Gasteiger partial charge in [-0.25, -0.2) is 4.98 Å². The van der Waals surface area contributed by atoms with Crippen LogP contribution in [0, 0.1) is 6.92 Å². The molecule has 0 radical (unpaired) electrons. The van der Waals surface area contributed by atoms with Gasteiger partial charge < -0.3 is 25.4 Å². The van der Waals surface area contributed by atoms with Gasteiger partial charge >= 0.3 is 0 Å². The Morgan fingerprint density at radius 1 is 1.00 bits per heavy atom. The van der Waals surface area contributed by atoms with Crippen LogP contribution in [0.4, 0.5) is 23.1 Å². The molecule has 0 bridgehead atoms. The lowest BCUT2D eigenvalue weighted by Gasteiger charge is -2.11. The number of hydrogen-bond acceptors (Lipinski definition) is 7. The van der Waals surface area contributed by atoms with Crippen molar-refractivity contribution >= 4 is 29.0 Å². The van der Waals surface area contributed by atoms with Gasteiger partial charge in [0, 0.05) is 36.6 Å². The highest BCUT2D eigenvalue weighted by Crippen LogP contribution is 2.32. The monoisotopic (exact) mass is 391 g/mol. The highest BCUT2D eigenvalue weighted by molar-refractivity contribution is 5.88. The van der Waals surface area contributed by atoms with Crippen LogP contribution in [0.1, 0.15) is 18.2 Å². The Kier molecular flexibility index (Phi) is 5.15. The summed E-state index contributed by atoms with van der Waals surface area (Å²) in [6.07, 6.45) is 0. The second-order valence-corrected chi connectivity index (χ2v) is 6.64. The molecular weight excluding hydrogens is 370 g/mol. The van der Waals surface area contributed by atoms with Crippen molar-refractivity contribution in [3.8, 4) is 11.5 Å². The summed E-state index contributed by atoms with van der Waals surface area (Å²) in [4.78, 5) is 20.1. The molecule has 1 aliphatic rings. The maximum Gasteiger partial charge on any atom is 0.231 e. The maximum absolute atomic E-state index is 11.1. The molecule has 8 heteroatoms. The molecule has 0 fully saturated rings. The lowest BCUT2D eigenvalue weighted by molar-refractivity contribution is -0.114. The maximum atomic E-state index is 11.1. The molecule has 148 valence electrons. The molecule has 0 saturated carbocycles. The average Bonchev–Trinajstić information content (AvgIpc) is 3.15. The summed E-state index contributed by atoms with van der Waals surface area (Å²) >= 11 is 0. The number of amides is 1. The van der Waals surface area contributed by atoms with E-state index >= 15 is 0 Å². The van der Waals surface area contributed by atoms with E-state index in [1.807, 2.05) is 55.5 Å². The third-order valence-corrected chi connectivity index (χ3v) is 4.23. The zero-order chi connectivity index (χ0) is 20.2. The zero-order valence-electron chi connectivity index (χ0n) is 16.2. The average molecular weight is 391 g/mol. The molecule has 1 aliphatic heterocycles. The van der Waals surface area contributed by atoms with Gasteiger partial charge in [-0.1, -0.05) is 6.07 Å². The second-order valence-electron chi connectivity index (χ2n) is 6.64. The summed E-state index contributed by atoms with van der Waals surface area (Å²) in [5.41, 5.74) is 3.46. The van der Waals surface area contributed by atoms with Gasteiger partial charge in [0.2, 0.25) is 18.6 Å². The van der Waals surface area contributed by atoms with E-state index in [0.717, 1.165) is 34.1 Å². The van der Waals surface area contributed by atoms with Crippen LogP contribution in [-0.4, -0.2) is 22.7 Å². The molecule has 3 N–H and O–H groups in total. The summed E-state index contributed by atoms with van der Waals surface area (Å²) in [7, 11) is 0. The van der Waals surface area contributed by atoms with Crippen LogP contribution in [0.25, 0.3) is 0 Å². The van der Waals surface area contributed by atoms with Crippen LogP contribution in [0.3, 0.4) is 0 Å². The number of ether oxygens (including phenoxy) is 2. The molecule has 0 spiro atoms. The minimum absolute atomic E-state index is 0.106. The molecule has 29 heavy (non-hydrogen) atoms. The van der Waals surface area contributed by atoms with Crippen LogP contribution in [0.2, 0.25) is 0 Å². The van der Waals surface area contributed by atoms with Gasteiger partial charge in [-0.05, 0) is 48.9 Å². The van der Waals surface area contributed by atoms with Gasteiger partial charge in [-0.15, -0.1) is 0 Å². The minimum atomic E-state index is -0.106. The lowest BCUT2D eigenvalue weighted by atomic mass is 10.2. The van der Waals surface area contributed by atoms with Crippen LogP contribution in [0.5, 0.6) is 11.5 Å². The van der Waals surface area contributed by atoms with E-state index in [-0.39, 0.29) is 12.7 Å². The Labute approximate surface area is 168 Å². The summed E-state index contributed by atoms with van der Waals surface area (Å²) in [6.45, 7) is 4.25. The van der Waals surface area contributed by atoms with Gasteiger partial charge in [0.25, 0.3) is 0 Å². The number of nitrogens with zero attached hydrogens (tertiary/aromatic N) is 2. The number of hydrogen-bond donors (Lipinski definition) is 3. The first-order valence-corrected chi connectivity index (χ1v) is 9.18. The number of aryl methyl sites for hydroxylation is 1. The van der Waals surface area contributed by atoms with Crippen molar-refractivity contribution in [1.29, 1.82) is 0 Å². The molecule has 0 saturated heterocycles. The van der Waals surface area contributed by atoms with Gasteiger partial charge in [-0.3, -0.25) is 4.79 Å². The number of carbonyl (C=O) groups is 1. The standard InChI is InChI=1S/C21H21N5O3/c1-13-9-20(22-11-15-3-8-18-19(10-15)29-12-28-18)26-21(23-13)25-17-6-4-16(5-7-17)24-14(2)27/h3-10H,11-12H2,1-2H3,(H,24,27)(H2,22,23,25,26). The van der Waals surface area contributed by atoms with Crippen molar-refractivity contribution < 1.29 is 14.3 Å². The quantitative estimate of drug-likeness (QED) is 0.587. The largest absolute Gasteiger partial charge is 0.454 e. The van der Waals surface area contributed by atoms with Gasteiger partial charge in [0.15, 0.2) is 11.5 Å². The first kappa shape index (κ1) is 18.5. The molecule has 0 atom stereocenters. The van der Waals surface area contributed by atoms with E-state index in [4.69, 9.17) is 9.47 Å². The Morgan fingerprint density at radius 3 is 2.55 bits per heavy atom. The van der Waals surface area contributed by atoms with E-state index < -0.39 is 0 Å². The predicted molar refractivity (Wildman–Crippen MR) is 111 cm³/mol. The highest BCUT2D eigenvalue weighted by Gasteiger charge is 2.13. The number of rotatable bonds is 6. The highest BCUT2D eigenvalue weighted by atomic mass is 16.7. The molecule has 3 aromatic rings. The molecule has 1 aromatic heterocycles. The van der Waals surface area contributed by atoms with Gasteiger partial charge in [0.1, 0.15) is 5.82 Å². The van der Waals surface area contributed by atoms with E-state index in [1.165, 1.54) is 6.92 Å². The predicted octanol–water partition coefficient (Wildman–Crippen LogP) is 3.83. The fourth-order valence-corrected chi connectivity index (χ4v) is 2.93. The minimum Gasteiger partial charge on any atom is -0.454 e. The van der Waals surface area contributed by atoms with E-state index in [2.05, 4.69) is 25.9 Å². The number of aromatic nitrogens is 2. The molecular formula is C21H21N5O3. The molecule has 2 aromatic carbocycles. The number of anilines is 4. The normalized spacial score (nSPS) is 11.8. The van der Waals surface area contributed by atoms with Crippen molar-refractivity contribution in [3.63, 3.8) is 0 Å². The molecule has 8 nitrogen and oxygen atoms in total. The van der Waals surface area contributed by atoms with Crippen LogP contribution in [-0.2, 0) is 11.3 Å². The van der Waals surface area contributed by atoms with Gasteiger partial charge in [0.05, 0.1) is 0 Å². The second kappa shape index (κ2) is 8.05. The third kappa shape index (κ3) is 4.73. The number of fused-ring (bicyclic) bond motifs is 1. The first-order chi connectivity index (χ1) is 14.0. The molecule has 2 heterocycles.